The van der Waals surface area contributed by atoms with Crippen molar-refractivity contribution in [2.45, 2.75) is 13.5 Å². The molecule has 2 rings (SSSR count). The number of nitrogens with zero attached hydrogens (tertiary/aromatic N) is 1. The van der Waals surface area contributed by atoms with E-state index in [2.05, 4.69) is 4.72 Å². The van der Waals surface area contributed by atoms with Crippen molar-refractivity contribution in [3.63, 3.8) is 0 Å². The van der Waals surface area contributed by atoms with E-state index in [0.29, 0.717) is 23.0 Å². The molecule has 0 atom stereocenters. The molecule has 0 aliphatic carbocycles. The Kier molecular flexibility index (Phi) is 5.67. The highest BCUT2D eigenvalue weighted by Gasteiger charge is 2.19. The van der Waals surface area contributed by atoms with Crippen LogP contribution < -0.4 is 4.72 Å². The van der Waals surface area contributed by atoms with Gasteiger partial charge in [-0.1, -0.05) is 23.7 Å². The lowest BCUT2D eigenvalue weighted by Gasteiger charge is -2.21. The minimum absolute atomic E-state index is 0.233. The van der Waals surface area contributed by atoms with Crippen molar-refractivity contribution in [2.75, 3.05) is 17.5 Å². The monoisotopic (exact) mass is 372 g/mol. The lowest BCUT2D eigenvalue weighted by molar-refractivity contribution is 0.0755. The van der Waals surface area contributed by atoms with Gasteiger partial charge >= 0.3 is 0 Å². The zero-order chi connectivity index (χ0) is 17.0. The van der Waals surface area contributed by atoms with Crippen LogP contribution in [0.15, 0.2) is 36.4 Å². The van der Waals surface area contributed by atoms with Gasteiger partial charge in [-0.25, -0.2) is 8.42 Å². The van der Waals surface area contributed by atoms with Gasteiger partial charge in [0.05, 0.1) is 28.4 Å². The average Bonchev–Trinajstić information content (AvgIpc) is 2.88. The molecule has 0 aliphatic rings. The molecule has 0 saturated heterocycles. The van der Waals surface area contributed by atoms with Crippen LogP contribution in [-0.4, -0.2) is 32.0 Å². The quantitative estimate of drug-likeness (QED) is 0.844. The van der Waals surface area contributed by atoms with E-state index in [1.807, 2.05) is 13.0 Å². The van der Waals surface area contributed by atoms with Gasteiger partial charge in [0.25, 0.3) is 5.91 Å². The Morgan fingerprint density at radius 1 is 1.26 bits per heavy atom. The van der Waals surface area contributed by atoms with Crippen molar-refractivity contribution in [3.8, 4) is 0 Å². The number of hydrogen-bond donors (Lipinski definition) is 1. The smallest absolute Gasteiger partial charge is 0.256 e. The number of thiophene rings is 1. The third-order valence-corrected chi connectivity index (χ3v) is 4.90. The van der Waals surface area contributed by atoms with Gasteiger partial charge in [0.2, 0.25) is 10.0 Å². The van der Waals surface area contributed by atoms with E-state index in [1.165, 1.54) is 11.3 Å². The Balaban J connectivity index is 2.27. The maximum atomic E-state index is 12.8. The second kappa shape index (κ2) is 7.33. The predicted molar refractivity (Wildman–Crippen MR) is 94.7 cm³/mol. The number of rotatable bonds is 6. The van der Waals surface area contributed by atoms with Crippen molar-refractivity contribution in [2.24, 2.45) is 0 Å². The number of benzene rings is 1. The molecule has 1 N–H and O–H groups in total. The molecule has 0 radical (unpaired) electrons. The molecular formula is C15H17ClN2O3S2. The van der Waals surface area contributed by atoms with Crippen LogP contribution in [0.4, 0.5) is 5.69 Å². The van der Waals surface area contributed by atoms with Gasteiger partial charge in [-0.3, -0.25) is 9.52 Å². The van der Waals surface area contributed by atoms with Crippen LogP contribution in [0, 0.1) is 0 Å². The van der Waals surface area contributed by atoms with Crippen LogP contribution in [0.3, 0.4) is 0 Å². The van der Waals surface area contributed by atoms with Crippen molar-refractivity contribution in [1.82, 2.24) is 4.90 Å². The molecule has 1 heterocycles. The second-order valence-electron chi connectivity index (χ2n) is 4.94. The maximum absolute atomic E-state index is 12.8. The summed E-state index contributed by atoms with van der Waals surface area (Å²) in [6, 6.07) is 10.2. The van der Waals surface area contributed by atoms with E-state index in [9.17, 15) is 13.2 Å². The molecule has 124 valence electrons. The minimum atomic E-state index is -3.46. The number of anilines is 1. The van der Waals surface area contributed by atoms with E-state index >= 15 is 0 Å². The van der Waals surface area contributed by atoms with E-state index in [4.69, 9.17) is 11.6 Å². The third-order valence-electron chi connectivity index (χ3n) is 3.10. The summed E-state index contributed by atoms with van der Waals surface area (Å²) in [5.41, 5.74) is 0.602. The summed E-state index contributed by atoms with van der Waals surface area (Å²) < 4.78 is 26.0. The fraction of sp³-hybridized carbons (Fsp3) is 0.267. The van der Waals surface area contributed by atoms with Crippen LogP contribution in [-0.2, 0) is 16.6 Å². The number of para-hydroxylation sites is 1. The summed E-state index contributed by atoms with van der Waals surface area (Å²) in [5, 5.41) is 0. The molecule has 0 aliphatic heterocycles. The van der Waals surface area contributed by atoms with Gasteiger partial charge in [0.1, 0.15) is 0 Å². The first-order valence-electron chi connectivity index (χ1n) is 6.90. The molecule has 0 bridgehead atoms. The van der Waals surface area contributed by atoms with Crippen molar-refractivity contribution in [3.05, 3.63) is 51.2 Å². The van der Waals surface area contributed by atoms with E-state index in [-0.39, 0.29) is 11.6 Å². The molecule has 0 fully saturated rings. The maximum Gasteiger partial charge on any atom is 0.256 e. The number of halogens is 1. The lowest BCUT2D eigenvalue weighted by atomic mass is 10.1. The Bertz CT molecular complexity index is 803. The predicted octanol–water partition coefficient (Wildman–Crippen LogP) is 3.44. The Hall–Kier alpha value is -1.57. The van der Waals surface area contributed by atoms with Crippen LogP contribution in [0.1, 0.15) is 22.2 Å². The van der Waals surface area contributed by atoms with Crippen LogP contribution in [0.2, 0.25) is 4.34 Å². The normalized spacial score (nSPS) is 11.3. The number of sulfonamides is 1. The minimum Gasteiger partial charge on any atom is -0.334 e. The number of carbonyl (C=O) groups is 1. The van der Waals surface area contributed by atoms with Gasteiger partial charge in [-0.05, 0) is 31.2 Å². The summed E-state index contributed by atoms with van der Waals surface area (Å²) in [4.78, 5) is 15.4. The number of amides is 1. The first kappa shape index (κ1) is 17.8. The molecule has 23 heavy (non-hydrogen) atoms. The Labute approximate surface area is 144 Å². The van der Waals surface area contributed by atoms with E-state index in [1.54, 1.807) is 35.2 Å². The van der Waals surface area contributed by atoms with Crippen LogP contribution in [0.5, 0.6) is 0 Å². The molecule has 1 aromatic heterocycles. The molecular weight excluding hydrogens is 356 g/mol. The van der Waals surface area contributed by atoms with E-state index in [0.717, 1.165) is 11.1 Å². The van der Waals surface area contributed by atoms with Gasteiger partial charge in [0.15, 0.2) is 0 Å². The highest BCUT2D eigenvalue weighted by atomic mass is 35.5. The molecule has 8 heteroatoms. The SMILES string of the molecule is CCN(Cc1ccc(Cl)s1)C(=O)c1ccccc1NS(C)(=O)=O. The molecule has 5 nitrogen and oxygen atoms in total. The standard InChI is InChI=1S/C15H17ClN2O3S2/c1-3-18(10-11-8-9-14(16)22-11)15(19)12-6-4-5-7-13(12)17-23(2,20)21/h4-9,17H,3,10H2,1-2H3. The largest absolute Gasteiger partial charge is 0.334 e. The molecule has 0 unspecified atom stereocenters. The zero-order valence-electron chi connectivity index (χ0n) is 12.7. The van der Waals surface area contributed by atoms with Gasteiger partial charge < -0.3 is 4.90 Å². The molecule has 1 amide bonds. The number of nitrogens with one attached hydrogen (secondary N) is 1. The number of hydrogen-bond acceptors (Lipinski definition) is 4. The van der Waals surface area contributed by atoms with Crippen LogP contribution in [0.25, 0.3) is 0 Å². The fourth-order valence-electron chi connectivity index (χ4n) is 2.08. The summed E-state index contributed by atoms with van der Waals surface area (Å²) in [7, 11) is -3.46. The Morgan fingerprint density at radius 2 is 1.96 bits per heavy atom. The van der Waals surface area contributed by atoms with Gasteiger partial charge in [0, 0.05) is 11.4 Å². The highest BCUT2D eigenvalue weighted by Crippen LogP contribution is 2.24. The van der Waals surface area contributed by atoms with Crippen molar-refractivity contribution in [1.29, 1.82) is 0 Å². The summed E-state index contributed by atoms with van der Waals surface area (Å²) in [6.45, 7) is 2.81. The molecule has 0 spiro atoms. The first-order chi connectivity index (χ1) is 10.8. The second-order valence-corrected chi connectivity index (χ2v) is 8.49. The highest BCUT2D eigenvalue weighted by molar-refractivity contribution is 7.92. The van der Waals surface area contributed by atoms with Crippen LogP contribution >= 0.6 is 22.9 Å². The molecule has 2 aromatic rings. The third kappa shape index (κ3) is 4.95. The zero-order valence-corrected chi connectivity index (χ0v) is 15.1. The summed E-state index contributed by atoms with van der Waals surface area (Å²) in [6.07, 6.45) is 1.06. The molecule has 1 aromatic carbocycles. The first-order valence-corrected chi connectivity index (χ1v) is 9.99. The summed E-state index contributed by atoms with van der Waals surface area (Å²) >= 11 is 7.34. The van der Waals surface area contributed by atoms with Gasteiger partial charge in [-0.15, -0.1) is 11.3 Å². The summed E-state index contributed by atoms with van der Waals surface area (Å²) in [5.74, 6) is -0.233. The van der Waals surface area contributed by atoms with E-state index < -0.39 is 10.0 Å². The lowest BCUT2D eigenvalue weighted by Crippen LogP contribution is -2.30. The number of carbonyl (C=O) groups excluding carboxylic acids is 1. The van der Waals surface area contributed by atoms with Crippen molar-refractivity contribution >= 4 is 44.6 Å². The fourth-order valence-corrected chi connectivity index (χ4v) is 3.76. The van der Waals surface area contributed by atoms with Gasteiger partial charge in [-0.2, -0.15) is 0 Å². The Morgan fingerprint density at radius 3 is 2.52 bits per heavy atom. The topological polar surface area (TPSA) is 66.5 Å². The average molecular weight is 373 g/mol. The van der Waals surface area contributed by atoms with Crippen molar-refractivity contribution < 1.29 is 13.2 Å². The molecule has 0 saturated carbocycles.